The highest BCUT2D eigenvalue weighted by atomic mass is 16.5. The predicted octanol–water partition coefficient (Wildman–Crippen LogP) is 4.86. The number of carbonyl (C=O) groups is 2. The molecule has 0 unspecified atom stereocenters. The fourth-order valence-corrected chi connectivity index (χ4v) is 3.34. The topological polar surface area (TPSA) is 102 Å². The van der Waals surface area contributed by atoms with Crippen molar-refractivity contribution >= 4 is 29.2 Å². The minimum atomic E-state index is -0.494. The van der Waals surface area contributed by atoms with Gasteiger partial charge in [-0.15, -0.1) is 0 Å². The Bertz CT molecular complexity index is 1230. The minimum Gasteiger partial charge on any atom is -0.493 e. The number of furan rings is 1. The minimum absolute atomic E-state index is 0.00174. The molecule has 0 fully saturated rings. The molecule has 1 N–H and O–H groups in total. The van der Waals surface area contributed by atoms with Gasteiger partial charge >= 0.3 is 0 Å². The van der Waals surface area contributed by atoms with Crippen LogP contribution in [-0.4, -0.2) is 25.9 Å². The molecule has 1 amide bonds. The molecule has 0 bridgehead atoms. The molecule has 162 valence electrons. The van der Waals surface area contributed by atoms with Crippen LogP contribution in [-0.2, 0) is 4.79 Å². The van der Waals surface area contributed by atoms with Gasteiger partial charge in [-0.2, -0.15) is 5.26 Å². The number of Topliss-reactive ketones (excluding diaryl/α,β-unsaturated/α-hetero) is 1. The Labute approximate surface area is 185 Å². The number of hydrogen-bond donors (Lipinski definition) is 1. The van der Waals surface area contributed by atoms with Crippen LogP contribution in [0.3, 0.4) is 0 Å². The zero-order valence-electron chi connectivity index (χ0n) is 18.2. The number of hydrogen-bond acceptors (Lipinski definition) is 6. The number of methoxy groups -OCH3 is 2. The summed E-state index contributed by atoms with van der Waals surface area (Å²) in [6.07, 6.45) is 1.69. The Morgan fingerprint density at radius 2 is 1.75 bits per heavy atom. The molecule has 1 heterocycles. The van der Waals surface area contributed by atoms with E-state index in [0.717, 1.165) is 0 Å². The first kappa shape index (κ1) is 22.4. The maximum atomic E-state index is 13.3. The Balaban J connectivity index is 2.06. The van der Waals surface area contributed by atoms with Gasteiger partial charge in [0.25, 0.3) is 5.91 Å². The van der Waals surface area contributed by atoms with Crippen LogP contribution in [0.1, 0.15) is 39.7 Å². The molecule has 0 aliphatic carbocycles. The van der Waals surface area contributed by atoms with Crippen LogP contribution in [0, 0.1) is 18.3 Å². The Kier molecular flexibility index (Phi) is 6.76. The van der Waals surface area contributed by atoms with Gasteiger partial charge in [-0.05, 0) is 43.2 Å². The summed E-state index contributed by atoms with van der Waals surface area (Å²) in [4.78, 5) is 25.2. The Hall–Kier alpha value is -4.31. The Morgan fingerprint density at radius 1 is 1.06 bits per heavy atom. The van der Waals surface area contributed by atoms with Crippen molar-refractivity contribution in [3.8, 4) is 17.6 Å². The van der Waals surface area contributed by atoms with Crippen molar-refractivity contribution in [1.29, 1.82) is 5.26 Å². The third-order valence-electron chi connectivity index (χ3n) is 4.82. The second kappa shape index (κ2) is 9.67. The zero-order chi connectivity index (χ0) is 23.3. The number of ketones is 1. The first-order valence-electron chi connectivity index (χ1n) is 9.74. The van der Waals surface area contributed by atoms with Crippen molar-refractivity contribution in [3.05, 3.63) is 76.5 Å². The summed E-state index contributed by atoms with van der Waals surface area (Å²) in [7, 11) is 3.08. The van der Waals surface area contributed by atoms with Crippen LogP contribution in [0.4, 0.5) is 5.88 Å². The van der Waals surface area contributed by atoms with Crippen molar-refractivity contribution in [2.24, 2.45) is 0 Å². The maximum Gasteiger partial charge on any atom is 0.258 e. The molecule has 7 nitrogen and oxygen atoms in total. The number of carbonyl (C=O) groups excluding carboxylic acids is 2. The molecule has 0 radical (unpaired) electrons. The van der Waals surface area contributed by atoms with E-state index >= 15 is 0 Å². The van der Waals surface area contributed by atoms with Crippen molar-refractivity contribution in [2.75, 3.05) is 19.5 Å². The standard InChI is InChI=1S/C25H22N2O5/c1-15(28)23-16(2)32-25(20(23)14-26)27-24(29)19(18-8-6-5-7-9-18)12-17-10-11-21(30-3)22(13-17)31-4/h5-13H,1-4H3,(H,27,29)/b19-12+. The van der Waals surface area contributed by atoms with Crippen LogP contribution in [0.2, 0.25) is 0 Å². The third-order valence-corrected chi connectivity index (χ3v) is 4.82. The van der Waals surface area contributed by atoms with E-state index in [1.54, 1.807) is 50.4 Å². The van der Waals surface area contributed by atoms with E-state index in [1.807, 2.05) is 24.3 Å². The van der Waals surface area contributed by atoms with Gasteiger partial charge in [-0.3, -0.25) is 14.9 Å². The van der Waals surface area contributed by atoms with Crippen LogP contribution in [0.25, 0.3) is 11.6 Å². The van der Waals surface area contributed by atoms with Gasteiger partial charge in [0.15, 0.2) is 17.3 Å². The van der Waals surface area contributed by atoms with E-state index in [9.17, 15) is 14.9 Å². The van der Waals surface area contributed by atoms with Gasteiger partial charge in [-0.25, -0.2) is 0 Å². The molecule has 0 spiro atoms. The molecule has 0 atom stereocenters. The molecule has 0 aliphatic rings. The molecule has 0 saturated heterocycles. The summed E-state index contributed by atoms with van der Waals surface area (Å²) >= 11 is 0. The number of aryl methyl sites for hydroxylation is 1. The van der Waals surface area contributed by atoms with Gasteiger partial charge in [0.05, 0.1) is 19.8 Å². The summed E-state index contributed by atoms with van der Waals surface area (Å²) in [6.45, 7) is 2.92. The average molecular weight is 430 g/mol. The fraction of sp³-hybridized carbons (Fsp3) is 0.160. The Morgan fingerprint density at radius 3 is 2.34 bits per heavy atom. The van der Waals surface area contributed by atoms with E-state index in [2.05, 4.69) is 5.32 Å². The summed E-state index contributed by atoms with van der Waals surface area (Å²) in [5.41, 5.74) is 1.86. The smallest absolute Gasteiger partial charge is 0.258 e. The molecule has 0 saturated carbocycles. The molecule has 0 aliphatic heterocycles. The van der Waals surface area contributed by atoms with Crippen molar-refractivity contribution < 1.29 is 23.5 Å². The fourth-order valence-electron chi connectivity index (χ4n) is 3.34. The lowest BCUT2D eigenvalue weighted by Crippen LogP contribution is -2.14. The lowest BCUT2D eigenvalue weighted by atomic mass is 10.0. The van der Waals surface area contributed by atoms with Gasteiger partial charge in [0, 0.05) is 5.57 Å². The lowest BCUT2D eigenvalue weighted by Gasteiger charge is -2.11. The number of benzene rings is 2. The number of anilines is 1. The normalized spacial score (nSPS) is 10.9. The first-order chi connectivity index (χ1) is 15.4. The molecule has 32 heavy (non-hydrogen) atoms. The van der Waals surface area contributed by atoms with Gasteiger partial charge in [0.2, 0.25) is 5.88 Å². The second-order valence-electron chi connectivity index (χ2n) is 6.90. The number of nitrogens with one attached hydrogen (secondary N) is 1. The molecule has 3 rings (SSSR count). The molecule has 7 heteroatoms. The molecule has 3 aromatic rings. The molecular weight excluding hydrogens is 408 g/mol. The number of rotatable bonds is 7. The van der Waals surface area contributed by atoms with Crippen LogP contribution in [0.15, 0.2) is 52.9 Å². The highest BCUT2D eigenvalue weighted by molar-refractivity contribution is 6.29. The average Bonchev–Trinajstić information content (AvgIpc) is 3.12. The summed E-state index contributed by atoms with van der Waals surface area (Å²) in [6, 6.07) is 16.3. The molecule has 1 aromatic heterocycles. The van der Waals surface area contributed by atoms with Crippen LogP contribution < -0.4 is 14.8 Å². The number of amides is 1. The number of ether oxygens (including phenoxy) is 2. The van der Waals surface area contributed by atoms with Crippen LogP contribution in [0.5, 0.6) is 11.5 Å². The van der Waals surface area contributed by atoms with Crippen molar-refractivity contribution in [3.63, 3.8) is 0 Å². The number of nitriles is 1. The summed E-state index contributed by atoms with van der Waals surface area (Å²) in [5.74, 6) is 0.494. The van der Waals surface area contributed by atoms with E-state index < -0.39 is 5.91 Å². The predicted molar refractivity (Wildman–Crippen MR) is 121 cm³/mol. The lowest BCUT2D eigenvalue weighted by molar-refractivity contribution is -0.111. The van der Waals surface area contributed by atoms with E-state index in [4.69, 9.17) is 13.9 Å². The van der Waals surface area contributed by atoms with Crippen LogP contribution >= 0.6 is 0 Å². The quantitative estimate of drug-likeness (QED) is 0.326. The summed E-state index contributed by atoms with van der Waals surface area (Å²) in [5, 5.41) is 12.2. The summed E-state index contributed by atoms with van der Waals surface area (Å²) < 4.78 is 16.2. The zero-order valence-corrected chi connectivity index (χ0v) is 18.2. The van der Waals surface area contributed by atoms with Crippen molar-refractivity contribution in [2.45, 2.75) is 13.8 Å². The monoisotopic (exact) mass is 430 g/mol. The first-order valence-corrected chi connectivity index (χ1v) is 9.74. The largest absolute Gasteiger partial charge is 0.493 e. The SMILES string of the molecule is COc1ccc(/C=C(/C(=O)Nc2oc(C)c(C(C)=O)c2C#N)c2ccccc2)cc1OC. The van der Waals surface area contributed by atoms with E-state index in [-0.39, 0.29) is 28.6 Å². The third kappa shape index (κ3) is 4.55. The molecular formula is C25H22N2O5. The van der Waals surface area contributed by atoms with Gasteiger partial charge < -0.3 is 13.9 Å². The van der Waals surface area contributed by atoms with E-state index in [1.165, 1.54) is 14.0 Å². The maximum absolute atomic E-state index is 13.3. The highest BCUT2D eigenvalue weighted by Gasteiger charge is 2.24. The van der Waals surface area contributed by atoms with Crippen molar-refractivity contribution in [1.82, 2.24) is 0 Å². The highest BCUT2D eigenvalue weighted by Crippen LogP contribution is 2.31. The van der Waals surface area contributed by atoms with Gasteiger partial charge in [0.1, 0.15) is 17.4 Å². The molecule has 2 aromatic carbocycles. The van der Waals surface area contributed by atoms with E-state index in [0.29, 0.717) is 28.2 Å². The second-order valence-corrected chi connectivity index (χ2v) is 6.90. The van der Waals surface area contributed by atoms with Gasteiger partial charge in [-0.1, -0.05) is 36.4 Å². The number of nitrogens with zero attached hydrogens (tertiary/aromatic N) is 1.